The van der Waals surface area contributed by atoms with Gasteiger partial charge in [0, 0.05) is 17.8 Å². The summed E-state index contributed by atoms with van der Waals surface area (Å²) >= 11 is 2.57. The normalized spacial score (nSPS) is 52.7. The van der Waals surface area contributed by atoms with Gasteiger partial charge in [0.1, 0.15) is 5.78 Å². The number of hydrogen-bond acceptors (Lipinski definition) is 1. The Hall–Kier alpha value is 0.140. The fourth-order valence-corrected chi connectivity index (χ4v) is 7.54. The van der Waals surface area contributed by atoms with Gasteiger partial charge in [0.05, 0.1) is 0 Å². The smallest absolute Gasteiger partial charge is 0.136 e. The summed E-state index contributed by atoms with van der Waals surface area (Å²) in [5, 5.41) is 0. The van der Waals surface area contributed by atoms with Crippen LogP contribution in [0, 0.1) is 34.5 Å². The molecule has 3 saturated carbocycles. The molecule has 21 heavy (non-hydrogen) atoms. The molecule has 0 aliphatic heterocycles. The van der Waals surface area contributed by atoms with Gasteiger partial charge in [-0.1, -0.05) is 32.8 Å². The Morgan fingerprint density at radius 1 is 1.14 bits per heavy atom. The number of allylic oxidation sites excluding steroid dienone is 2. The Kier molecular flexibility index (Phi) is 3.37. The lowest BCUT2D eigenvalue weighted by molar-refractivity contribution is -0.150. The van der Waals surface area contributed by atoms with Crippen LogP contribution in [0.3, 0.4) is 0 Å². The van der Waals surface area contributed by atoms with Crippen LogP contribution < -0.4 is 0 Å². The topological polar surface area (TPSA) is 17.1 Å². The average molecular weight is 398 g/mol. The second-order valence-electron chi connectivity index (χ2n) is 8.60. The van der Waals surface area contributed by atoms with Crippen LogP contribution in [0.1, 0.15) is 65.2 Å². The van der Waals surface area contributed by atoms with Gasteiger partial charge >= 0.3 is 0 Å². The van der Waals surface area contributed by atoms with E-state index >= 15 is 0 Å². The minimum atomic E-state index is 0.327. The van der Waals surface area contributed by atoms with Crippen molar-refractivity contribution in [2.24, 2.45) is 34.5 Å². The summed E-state index contributed by atoms with van der Waals surface area (Å²) in [6.45, 7) is 4.94. The molecule has 0 spiro atoms. The third-order valence-electron chi connectivity index (χ3n) is 7.85. The first-order valence-electron chi connectivity index (χ1n) is 8.86. The van der Waals surface area contributed by atoms with Crippen molar-refractivity contribution in [1.82, 2.24) is 0 Å². The Morgan fingerprint density at radius 2 is 1.95 bits per heavy atom. The molecule has 0 N–H and O–H groups in total. The number of hydrogen-bond donors (Lipinski definition) is 0. The van der Waals surface area contributed by atoms with Crippen molar-refractivity contribution < 1.29 is 4.79 Å². The Morgan fingerprint density at radius 3 is 2.76 bits per heavy atom. The highest BCUT2D eigenvalue weighted by atomic mass is 127. The predicted octanol–water partition coefficient (Wildman–Crippen LogP) is 5.53. The van der Waals surface area contributed by atoms with Crippen molar-refractivity contribution in [3.8, 4) is 0 Å². The number of carbonyl (C=O) groups is 1. The Balaban J connectivity index is 1.70. The number of fused-ring (bicyclic) bond motifs is 5. The standard InChI is InChI=1S/C19H27IO/c1-18-9-4-3-5-15(18)16(21)11-12-13-6-7-17(20)19(13,2)10-8-14(12)18/h7,12-15H,3-6,8-11H2,1-2H3/t12-,13-,14-,15?,18+,19-/m0/s1. The van der Waals surface area contributed by atoms with Crippen molar-refractivity contribution in [3.05, 3.63) is 9.66 Å². The highest BCUT2D eigenvalue weighted by Crippen LogP contribution is 2.66. The number of Topliss-reactive ketones (excluding diaryl/α,β-unsaturated/α-hetero) is 1. The molecule has 0 aromatic carbocycles. The molecule has 116 valence electrons. The van der Waals surface area contributed by atoms with Crippen LogP contribution in [-0.2, 0) is 4.79 Å². The summed E-state index contributed by atoms with van der Waals surface area (Å²) in [5.41, 5.74) is 0.716. The highest BCUT2D eigenvalue weighted by Gasteiger charge is 2.59. The quantitative estimate of drug-likeness (QED) is 0.491. The first-order chi connectivity index (χ1) is 9.97. The lowest BCUT2D eigenvalue weighted by Crippen LogP contribution is -2.55. The van der Waals surface area contributed by atoms with Crippen LogP contribution in [-0.4, -0.2) is 5.78 Å². The van der Waals surface area contributed by atoms with Gasteiger partial charge in [-0.05, 0) is 81.4 Å². The molecule has 4 aliphatic carbocycles. The molecule has 0 bridgehead atoms. The van der Waals surface area contributed by atoms with Crippen molar-refractivity contribution >= 4 is 28.4 Å². The van der Waals surface area contributed by atoms with Crippen LogP contribution in [0.5, 0.6) is 0 Å². The van der Waals surface area contributed by atoms with E-state index < -0.39 is 0 Å². The van der Waals surface area contributed by atoms with Crippen molar-refractivity contribution in [2.75, 3.05) is 0 Å². The molecule has 1 unspecified atom stereocenters. The zero-order chi connectivity index (χ0) is 14.8. The molecule has 6 atom stereocenters. The lowest BCUT2D eigenvalue weighted by Gasteiger charge is -2.59. The van der Waals surface area contributed by atoms with E-state index in [2.05, 4.69) is 42.5 Å². The lowest BCUT2D eigenvalue weighted by atomic mass is 9.45. The van der Waals surface area contributed by atoms with Crippen LogP contribution >= 0.6 is 22.6 Å². The first kappa shape index (κ1) is 14.7. The maximum atomic E-state index is 12.8. The molecule has 0 aromatic heterocycles. The minimum absolute atomic E-state index is 0.327. The molecule has 0 aromatic rings. The number of carbonyl (C=O) groups excluding carboxylic acids is 1. The number of ketones is 1. The summed E-state index contributed by atoms with van der Waals surface area (Å²) in [6, 6.07) is 0. The van der Waals surface area contributed by atoms with E-state index in [4.69, 9.17) is 0 Å². The summed E-state index contributed by atoms with van der Waals surface area (Å²) in [5.74, 6) is 3.23. The van der Waals surface area contributed by atoms with Crippen LogP contribution in [0.4, 0.5) is 0 Å². The molecule has 4 aliphatic rings. The fraction of sp³-hybridized carbons (Fsp3) is 0.842. The summed E-state index contributed by atoms with van der Waals surface area (Å²) < 4.78 is 1.58. The van der Waals surface area contributed by atoms with Crippen molar-refractivity contribution in [3.63, 3.8) is 0 Å². The molecule has 4 rings (SSSR count). The van der Waals surface area contributed by atoms with E-state index in [0.29, 0.717) is 28.4 Å². The van der Waals surface area contributed by atoms with E-state index in [1.54, 1.807) is 3.58 Å². The Labute approximate surface area is 142 Å². The number of rotatable bonds is 0. The van der Waals surface area contributed by atoms with Crippen molar-refractivity contribution in [1.29, 1.82) is 0 Å². The molecule has 3 fully saturated rings. The predicted molar refractivity (Wildman–Crippen MR) is 94.2 cm³/mol. The van der Waals surface area contributed by atoms with E-state index in [9.17, 15) is 4.79 Å². The monoisotopic (exact) mass is 398 g/mol. The fourth-order valence-electron chi connectivity index (χ4n) is 6.61. The van der Waals surface area contributed by atoms with Crippen LogP contribution in [0.2, 0.25) is 0 Å². The van der Waals surface area contributed by atoms with Gasteiger partial charge in [-0.2, -0.15) is 0 Å². The van der Waals surface area contributed by atoms with Crippen LogP contribution in [0.15, 0.2) is 9.66 Å². The maximum absolute atomic E-state index is 12.8. The second kappa shape index (κ2) is 4.82. The molecule has 0 amide bonds. The minimum Gasteiger partial charge on any atom is -0.299 e. The first-order valence-corrected chi connectivity index (χ1v) is 9.93. The van der Waals surface area contributed by atoms with Gasteiger partial charge in [0.25, 0.3) is 0 Å². The zero-order valence-corrected chi connectivity index (χ0v) is 15.5. The summed E-state index contributed by atoms with van der Waals surface area (Å²) in [4.78, 5) is 12.8. The molecule has 1 nitrogen and oxygen atoms in total. The van der Waals surface area contributed by atoms with Crippen LogP contribution in [0.25, 0.3) is 0 Å². The molecular weight excluding hydrogens is 371 g/mol. The SMILES string of the molecule is C[C@]12CCCCC1C(=O)C[C@@H]1[C@@H]2CC[C@]2(C)C(I)=CC[C@@H]12. The van der Waals surface area contributed by atoms with Gasteiger partial charge < -0.3 is 0 Å². The zero-order valence-electron chi connectivity index (χ0n) is 13.3. The van der Waals surface area contributed by atoms with Gasteiger partial charge in [-0.3, -0.25) is 4.79 Å². The molecule has 0 radical (unpaired) electrons. The van der Waals surface area contributed by atoms with Gasteiger partial charge in [-0.15, -0.1) is 0 Å². The van der Waals surface area contributed by atoms with E-state index in [-0.39, 0.29) is 0 Å². The average Bonchev–Trinajstić information content (AvgIpc) is 2.75. The third-order valence-corrected chi connectivity index (χ3v) is 9.52. The third kappa shape index (κ3) is 1.89. The molecule has 0 saturated heterocycles. The molecular formula is C19H27IO. The Bertz CT molecular complexity index is 510. The molecule has 2 heteroatoms. The van der Waals surface area contributed by atoms with Gasteiger partial charge in [-0.25, -0.2) is 0 Å². The van der Waals surface area contributed by atoms with E-state index in [1.165, 1.54) is 44.9 Å². The van der Waals surface area contributed by atoms with Crippen molar-refractivity contribution in [2.45, 2.75) is 65.2 Å². The summed E-state index contributed by atoms with van der Waals surface area (Å²) in [7, 11) is 0. The second-order valence-corrected chi connectivity index (χ2v) is 9.76. The maximum Gasteiger partial charge on any atom is 0.136 e. The summed E-state index contributed by atoms with van der Waals surface area (Å²) in [6.07, 6.45) is 12.4. The number of halogens is 1. The largest absolute Gasteiger partial charge is 0.299 e. The highest BCUT2D eigenvalue weighted by molar-refractivity contribution is 14.1. The van der Waals surface area contributed by atoms with Gasteiger partial charge in [0.15, 0.2) is 0 Å². The van der Waals surface area contributed by atoms with E-state index in [1.807, 2.05) is 0 Å². The van der Waals surface area contributed by atoms with Gasteiger partial charge in [0.2, 0.25) is 0 Å². The van der Waals surface area contributed by atoms with E-state index in [0.717, 1.165) is 18.3 Å². The molecule has 0 heterocycles.